The number of hydrogen-bond acceptors (Lipinski definition) is 2. The minimum atomic E-state index is -0.940. The number of carbonyl (C=O) groups is 1. The summed E-state index contributed by atoms with van der Waals surface area (Å²) in [5.74, 6) is 0.0910. The van der Waals surface area contributed by atoms with Gasteiger partial charge in [-0.15, -0.1) is 0 Å². The van der Waals surface area contributed by atoms with Gasteiger partial charge in [0.25, 0.3) is 0 Å². The topological polar surface area (TPSA) is 52.3 Å². The van der Waals surface area contributed by atoms with Gasteiger partial charge in [0, 0.05) is 0 Å². The molecule has 12 heavy (non-hydrogen) atoms. The molecule has 0 spiro atoms. The second-order valence-corrected chi connectivity index (χ2v) is 2.79. The van der Waals surface area contributed by atoms with Gasteiger partial charge in [-0.2, -0.15) is 0 Å². The Balaban J connectivity index is 3.04. The summed E-state index contributed by atoms with van der Waals surface area (Å²) >= 11 is 11.3. The van der Waals surface area contributed by atoms with E-state index in [4.69, 9.17) is 28.9 Å². The SMILES string of the molecule is NC(=O)Oc1c(Cl)cccc1Cl. The van der Waals surface area contributed by atoms with Crippen molar-refractivity contribution in [2.45, 2.75) is 0 Å². The van der Waals surface area contributed by atoms with Gasteiger partial charge >= 0.3 is 6.09 Å². The molecule has 0 saturated carbocycles. The molecule has 64 valence electrons. The average Bonchev–Trinajstić information content (AvgIpc) is 1.97. The van der Waals surface area contributed by atoms with E-state index >= 15 is 0 Å². The van der Waals surface area contributed by atoms with E-state index in [-0.39, 0.29) is 15.8 Å². The zero-order valence-corrected chi connectivity index (χ0v) is 7.39. The number of benzene rings is 1. The van der Waals surface area contributed by atoms with Crippen LogP contribution in [-0.4, -0.2) is 6.09 Å². The minimum absolute atomic E-state index is 0.0910. The third-order valence-corrected chi connectivity index (χ3v) is 1.72. The van der Waals surface area contributed by atoms with Crippen LogP contribution >= 0.6 is 23.2 Å². The Hall–Kier alpha value is -0.930. The molecule has 0 aliphatic carbocycles. The van der Waals surface area contributed by atoms with Crippen LogP contribution in [0.4, 0.5) is 4.79 Å². The summed E-state index contributed by atoms with van der Waals surface area (Å²) in [5, 5.41) is 0.502. The molecular weight excluding hydrogens is 201 g/mol. The molecule has 0 aliphatic heterocycles. The normalized spacial score (nSPS) is 9.50. The van der Waals surface area contributed by atoms with Crippen molar-refractivity contribution in [2.75, 3.05) is 0 Å². The number of ether oxygens (including phenoxy) is 1. The van der Waals surface area contributed by atoms with Crippen LogP contribution in [0.15, 0.2) is 18.2 Å². The largest absolute Gasteiger partial charge is 0.410 e. The van der Waals surface area contributed by atoms with Crippen molar-refractivity contribution in [3.63, 3.8) is 0 Å². The predicted octanol–water partition coefficient (Wildman–Crippen LogP) is 2.45. The van der Waals surface area contributed by atoms with Gasteiger partial charge in [0.15, 0.2) is 5.75 Å². The molecule has 0 atom stereocenters. The Labute approximate surface area is 79.0 Å². The molecule has 1 amide bonds. The van der Waals surface area contributed by atoms with Crippen molar-refractivity contribution in [3.8, 4) is 5.75 Å². The van der Waals surface area contributed by atoms with E-state index in [1.165, 1.54) is 0 Å². The van der Waals surface area contributed by atoms with Crippen molar-refractivity contribution in [2.24, 2.45) is 5.73 Å². The van der Waals surface area contributed by atoms with Crippen molar-refractivity contribution < 1.29 is 9.53 Å². The third-order valence-electron chi connectivity index (χ3n) is 1.12. The molecule has 0 bridgehead atoms. The third kappa shape index (κ3) is 2.03. The average molecular weight is 206 g/mol. The summed E-state index contributed by atoms with van der Waals surface area (Å²) in [7, 11) is 0. The Morgan fingerprint density at radius 2 is 1.83 bits per heavy atom. The zero-order valence-electron chi connectivity index (χ0n) is 5.88. The van der Waals surface area contributed by atoms with Crippen LogP contribution in [-0.2, 0) is 0 Å². The molecule has 2 N–H and O–H groups in total. The van der Waals surface area contributed by atoms with E-state index < -0.39 is 6.09 Å². The summed E-state index contributed by atoms with van der Waals surface area (Å²) < 4.78 is 4.55. The molecule has 0 saturated heterocycles. The highest BCUT2D eigenvalue weighted by Gasteiger charge is 2.08. The van der Waals surface area contributed by atoms with Crippen LogP contribution in [0.1, 0.15) is 0 Å². The van der Waals surface area contributed by atoms with Gasteiger partial charge in [-0.25, -0.2) is 4.79 Å². The van der Waals surface area contributed by atoms with Crippen LogP contribution in [0.25, 0.3) is 0 Å². The molecule has 0 unspecified atom stereocenters. The van der Waals surface area contributed by atoms with E-state index in [0.717, 1.165) is 0 Å². The van der Waals surface area contributed by atoms with Crippen LogP contribution in [0.3, 0.4) is 0 Å². The van der Waals surface area contributed by atoms with Crippen LogP contribution in [0, 0.1) is 0 Å². The number of carbonyl (C=O) groups excluding carboxylic acids is 1. The first-order valence-electron chi connectivity index (χ1n) is 3.02. The number of primary amides is 1. The van der Waals surface area contributed by atoms with Gasteiger partial charge in [0.1, 0.15) is 0 Å². The second kappa shape index (κ2) is 3.65. The maximum absolute atomic E-state index is 10.4. The Kier molecular flexibility index (Phi) is 2.78. The van der Waals surface area contributed by atoms with Crippen molar-refractivity contribution in [3.05, 3.63) is 28.2 Å². The van der Waals surface area contributed by atoms with Gasteiger partial charge in [-0.05, 0) is 12.1 Å². The highest BCUT2D eigenvalue weighted by molar-refractivity contribution is 6.37. The second-order valence-electron chi connectivity index (χ2n) is 1.97. The lowest BCUT2D eigenvalue weighted by Gasteiger charge is -2.04. The molecule has 1 aromatic rings. The maximum atomic E-state index is 10.4. The molecule has 3 nitrogen and oxygen atoms in total. The summed E-state index contributed by atoms with van der Waals surface area (Å²) in [6.45, 7) is 0. The number of halogens is 2. The van der Waals surface area contributed by atoms with Crippen molar-refractivity contribution in [1.29, 1.82) is 0 Å². The van der Waals surface area contributed by atoms with Gasteiger partial charge in [-0.1, -0.05) is 29.3 Å². The summed E-state index contributed by atoms with van der Waals surface area (Å²) in [4.78, 5) is 10.4. The van der Waals surface area contributed by atoms with E-state index in [1.54, 1.807) is 18.2 Å². The standard InChI is InChI=1S/C7H5Cl2NO2/c8-4-2-1-3-5(9)6(4)12-7(10)11/h1-3H,(H2,10,11). The number of para-hydroxylation sites is 1. The van der Waals surface area contributed by atoms with Gasteiger partial charge in [0.05, 0.1) is 10.0 Å². The highest BCUT2D eigenvalue weighted by Crippen LogP contribution is 2.32. The minimum Gasteiger partial charge on any atom is -0.407 e. The van der Waals surface area contributed by atoms with Crippen LogP contribution in [0.5, 0.6) is 5.75 Å². The number of nitrogens with two attached hydrogens (primary N) is 1. The fourth-order valence-corrected chi connectivity index (χ4v) is 1.16. The van der Waals surface area contributed by atoms with Crippen molar-refractivity contribution in [1.82, 2.24) is 0 Å². The Morgan fingerprint density at radius 3 is 2.25 bits per heavy atom. The first-order chi connectivity index (χ1) is 5.61. The van der Waals surface area contributed by atoms with E-state index in [9.17, 15) is 4.79 Å². The fourth-order valence-electron chi connectivity index (χ4n) is 0.681. The monoisotopic (exact) mass is 205 g/mol. The Morgan fingerprint density at radius 1 is 1.33 bits per heavy atom. The molecular formula is C7H5Cl2NO2. The fraction of sp³-hybridized carbons (Fsp3) is 0. The summed E-state index contributed by atoms with van der Waals surface area (Å²) in [6, 6.07) is 4.73. The van der Waals surface area contributed by atoms with Gasteiger partial charge in [-0.3, -0.25) is 0 Å². The number of amides is 1. The van der Waals surface area contributed by atoms with Gasteiger partial charge < -0.3 is 10.5 Å². The molecule has 1 aromatic carbocycles. The molecule has 0 heterocycles. The predicted molar refractivity (Wildman–Crippen MR) is 46.7 cm³/mol. The van der Waals surface area contributed by atoms with Gasteiger partial charge in [0.2, 0.25) is 0 Å². The first kappa shape index (κ1) is 9.16. The molecule has 0 aliphatic rings. The van der Waals surface area contributed by atoms with Crippen molar-refractivity contribution >= 4 is 29.3 Å². The lowest BCUT2D eigenvalue weighted by molar-refractivity contribution is 0.211. The summed E-state index contributed by atoms with van der Waals surface area (Å²) in [5.41, 5.74) is 4.78. The van der Waals surface area contributed by atoms with Crippen LogP contribution < -0.4 is 10.5 Å². The molecule has 0 radical (unpaired) electrons. The molecule has 1 rings (SSSR count). The Bertz CT molecular complexity index is 294. The quantitative estimate of drug-likeness (QED) is 0.766. The maximum Gasteiger partial charge on any atom is 0.410 e. The smallest absolute Gasteiger partial charge is 0.407 e. The zero-order chi connectivity index (χ0) is 9.14. The van der Waals surface area contributed by atoms with E-state index in [1.807, 2.05) is 0 Å². The molecule has 0 fully saturated rings. The summed E-state index contributed by atoms with van der Waals surface area (Å²) in [6.07, 6.45) is -0.940. The molecule has 5 heteroatoms. The lowest BCUT2D eigenvalue weighted by Crippen LogP contribution is -2.16. The molecule has 0 aromatic heterocycles. The number of hydrogen-bond donors (Lipinski definition) is 1. The van der Waals surface area contributed by atoms with Crippen LogP contribution in [0.2, 0.25) is 10.0 Å². The highest BCUT2D eigenvalue weighted by atomic mass is 35.5. The van der Waals surface area contributed by atoms with E-state index in [2.05, 4.69) is 4.74 Å². The number of rotatable bonds is 1. The first-order valence-corrected chi connectivity index (χ1v) is 3.78. The van der Waals surface area contributed by atoms with E-state index in [0.29, 0.717) is 0 Å². The lowest BCUT2D eigenvalue weighted by atomic mass is 10.3.